The number of Topliss-reactive ketones (excluding diaryl/α,β-unsaturated/α-hetero) is 1. The van der Waals surface area contributed by atoms with Gasteiger partial charge in [0.2, 0.25) is 0 Å². The van der Waals surface area contributed by atoms with Crippen LogP contribution in [-0.2, 0) is 0 Å². The number of rotatable bonds is 2. The Bertz CT molecular complexity index is 580. The Morgan fingerprint density at radius 3 is 2.83 bits per heavy atom. The van der Waals surface area contributed by atoms with Crippen LogP contribution in [0.4, 0.5) is 0 Å². The molecule has 1 aromatic rings. The second kappa shape index (κ2) is 5.00. The second-order valence-electron chi connectivity index (χ2n) is 4.42. The summed E-state index contributed by atoms with van der Waals surface area (Å²) in [5.41, 5.74) is 9.54. The van der Waals surface area contributed by atoms with Crippen molar-refractivity contribution in [3.05, 3.63) is 64.7 Å². The number of carbonyl (C=O) groups is 1. The molecule has 0 aromatic carbocycles. The summed E-state index contributed by atoms with van der Waals surface area (Å²) in [6.45, 7) is 3.84. The summed E-state index contributed by atoms with van der Waals surface area (Å²) < 4.78 is 0. The fraction of sp³-hybridized carbons (Fsp3) is 0.200. The van der Waals surface area contributed by atoms with Crippen molar-refractivity contribution in [3.63, 3.8) is 0 Å². The van der Waals surface area contributed by atoms with Crippen LogP contribution in [0.1, 0.15) is 29.4 Å². The van der Waals surface area contributed by atoms with E-state index < -0.39 is 0 Å². The third-order valence-electron chi connectivity index (χ3n) is 2.98. The molecule has 0 fully saturated rings. The van der Waals surface area contributed by atoms with Crippen molar-refractivity contribution in [2.75, 3.05) is 0 Å². The standard InChI is InChI=1S/C15H16N2O/c1-10-5-7-13(14(16)8-6-10)15(18)12-4-3-9-17-11(12)2/h3-4,6-9H,5,16H2,1-2H3. The molecule has 0 aliphatic heterocycles. The summed E-state index contributed by atoms with van der Waals surface area (Å²) in [6.07, 6.45) is 8.05. The van der Waals surface area contributed by atoms with E-state index >= 15 is 0 Å². The van der Waals surface area contributed by atoms with E-state index in [0.29, 0.717) is 16.8 Å². The number of ketones is 1. The van der Waals surface area contributed by atoms with Gasteiger partial charge in [0, 0.05) is 28.7 Å². The van der Waals surface area contributed by atoms with Gasteiger partial charge in [-0.3, -0.25) is 9.78 Å². The number of hydrogen-bond donors (Lipinski definition) is 1. The highest BCUT2D eigenvalue weighted by Gasteiger charge is 2.17. The third-order valence-corrected chi connectivity index (χ3v) is 2.98. The molecule has 18 heavy (non-hydrogen) atoms. The molecular formula is C15H16N2O. The molecular weight excluding hydrogens is 224 g/mol. The van der Waals surface area contributed by atoms with Crippen molar-refractivity contribution < 1.29 is 4.79 Å². The molecule has 0 amide bonds. The van der Waals surface area contributed by atoms with Gasteiger partial charge in [0.1, 0.15) is 0 Å². The third kappa shape index (κ3) is 2.40. The van der Waals surface area contributed by atoms with Crippen LogP contribution in [-0.4, -0.2) is 10.8 Å². The maximum atomic E-state index is 12.4. The number of carbonyl (C=O) groups excluding carboxylic acids is 1. The summed E-state index contributed by atoms with van der Waals surface area (Å²) in [5.74, 6) is -0.0579. The first-order chi connectivity index (χ1) is 8.59. The Labute approximate surface area is 107 Å². The number of hydrogen-bond acceptors (Lipinski definition) is 3. The highest BCUT2D eigenvalue weighted by atomic mass is 16.1. The summed E-state index contributed by atoms with van der Waals surface area (Å²) in [6, 6.07) is 3.55. The van der Waals surface area contributed by atoms with Gasteiger partial charge in [0.15, 0.2) is 5.78 Å². The minimum absolute atomic E-state index is 0.0579. The van der Waals surface area contributed by atoms with E-state index in [2.05, 4.69) is 4.98 Å². The predicted molar refractivity (Wildman–Crippen MR) is 72.0 cm³/mol. The summed E-state index contributed by atoms with van der Waals surface area (Å²) >= 11 is 0. The monoisotopic (exact) mass is 240 g/mol. The molecule has 0 unspecified atom stereocenters. The first-order valence-electron chi connectivity index (χ1n) is 5.89. The minimum Gasteiger partial charge on any atom is -0.398 e. The molecule has 0 bridgehead atoms. The topological polar surface area (TPSA) is 56.0 Å². The Morgan fingerprint density at radius 1 is 1.33 bits per heavy atom. The summed E-state index contributed by atoms with van der Waals surface area (Å²) in [5, 5.41) is 0. The first-order valence-corrected chi connectivity index (χ1v) is 5.89. The zero-order chi connectivity index (χ0) is 13.1. The quantitative estimate of drug-likeness (QED) is 0.808. The highest BCUT2D eigenvalue weighted by molar-refractivity contribution is 6.12. The molecule has 2 N–H and O–H groups in total. The zero-order valence-electron chi connectivity index (χ0n) is 10.6. The smallest absolute Gasteiger partial charge is 0.196 e. The van der Waals surface area contributed by atoms with Gasteiger partial charge in [-0.1, -0.05) is 17.7 Å². The number of nitrogens with two attached hydrogens (primary N) is 1. The molecule has 0 spiro atoms. The number of aryl methyl sites for hydroxylation is 1. The van der Waals surface area contributed by atoms with Gasteiger partial charge in [-0.2, -0.15) is 0 Å². The maximum Gasteiger partial charge on any atom is 0.196 e. The number of pyridine rings is 1. The number of allylic oxidation sites excluding steroid dienone is 5. The first kappa shape index (κ1) is 12.3. The molecule has 1 heterocycles. The van der Waals surface area contributed by atoms with Crippen LogP contribution in [0, 0.1) is 6.92 Å². The molecule has 0 saturated carbocycles. The van der Waals surface area contributed by atoms with Gasteiger partial charge in [-0.15, -0.1) is 0 Å². The summed E-state index contributed by atoms with van der Waals surface area (Å²) in [7, 11) is 0. The predicted octanol–water partition coefficient (Wildman–Crippen LogP) is 2.69. The molecule has 1 aromatic heterocycles. The molecule has 0 saturated heterocycles. The lowest BCUT2D eigenvalue weighted by Crippen LogP contribution is -2.13. The van der Waals surface area contributed by atoms with Crippen molar-refractivity contribution in [1.29, 1.82) is 0 Å². The lowest BCUT2D eigenvalue weighted by molar-refractivity contribution is 0.103. The van der Waals surface area contributed by atoms with E-state index in [1.165, 1.54) is 5.57 Å². The van der Waals surface area contributed by atoms with Crippen molar-refractivity contribution in [3.8, 4) is 0 Å². The molecule has 2 rings (SSSR count). The van der Waals surface area contributed by atoms with Crippen LogP contribution in [0.5, 0.6) is 0 Å². The Hall–Kier alpha value is -2.16. The Balaban J connectivity index is 2.39. The molecule has 1 aliphatic carbocycles. The molecule has 3 heteroatoms. The van der Waals surface area contributed by atoms with Gasteiger partial charge >= 0.3 is 0 Å². The summed E-state index contributed by atoms with van der Waals surface area (Å²) in [4.78, 5) is 16.6. The fourth-order valence-corrected chi connectivity index (χ4v) is 1.86. The highest BCUT2D eigenvalue weighted by Crippen LogP contribution is 2.20. The van der Waals surface area contributed by atoms with Crippen LogP contribution >= 0.6 is 0 Å². The Morgan fingerprint density at radius 2 is 2.11 bits per heavy atom. The zero-order valence-corrected chi connectivity index (χ0v) is 10.6. The fourth-order valence-electron chi connectivity index (χ4n) is 1.86. The normalized spacial score (nSPS) is 15.3. The molecule has 1 aliphatic rings. The van der Waals surface area contributed by atoms with E-state index in [4.69, 9.17) is 5.73 Å². The van der Waals surface area contributed by atoms with Crippen molar-refractivity contribution in [1.82, 2.24) is 4.98 Å². The van der Waals surface area contributed by atoms with Gasteiger partial charge in [-0.05, 0) is 38.5 Å². The molecule has 0 radical (unpaired) electrons. The molecule has 92 valence electrons. The maximum absolute atomic E-state index is 12.4. The van der Waals surface area contributed by atoms with Gasteiger partial charge in [0.25, 0.3) is 0 Å². The van der Waals surface area contributed by atoms with Crippen LogP contribution < -0.4 is 5.73 Å². The van der Waals surface area contributed by atoms with Crippen LogP contribution in [0.25, 0.3) is 0 Å². The molecule has 0 atom stereocenters. The van der Waals surface area contributed by atoms with E-state index in [1.54, 1.807) is 24.4 Å². The molecule has 3 nitrogen and oxygen atoms in total. The lowest BCUT2D eigenvalue weighted by Gasteiger charge is -2.07. The lowest BCUT2D eigenvalue weighted by atomic mass is 9.99. The van der Waals surface area contributed by atoms with Gasteiger partial charge in [-0.25, -0.2) is 0 Å². The number of aromatic nitrogens is 1. The number of nitrogens with zero attached hydrogens (tertiary/aromatic N) is 1. The Kier molecular flexibility index (Phi) is 3.42. The minimum atomic E-state index is -0.0579. The van der Waals surface area contributed by atoms with Crippen LogP contribution in [0.3, 0.4) is 0 Å². The van der Waals surface area contributed by atoms with E-state index in [9.17, 15) is 4.79 Å². The van der Waals surface area contributed by atoms with Crippen molar-refractivity contribution in [2.24, 2.45) is 5.73 Å². The largest absolute Gasteiger partial charge is 0.398 e. The average molecular weight is 240 g/mol. The van der Waals surface area contributed by atoms with Gasteiger partial charge < -0.3 is 5.73 Å². The SMILES string of the molecule is CC1=CC=C(N)C(C(=O)c2cccnc2C)=CC1. The van der Waals surface area contributed by atoms with Crippen LogP contribution in [0.2, 0.25) is 0 Å². The van der Waals surface area contributed by atoms with Gasteiger partial charge in [0.05, 0.1) is 0 Å². The second-order valence-corrected chi connectivity index (χ2v) is 4.42. The van der Waals surface area contributed by atoms with E-state index in [1.807, 2.05) is 26.0 Å². The van der Waals surface area contributed by atoms with Crippen molar-refractivity contribution >= 4 is 5.78 Å². The van der Waals surface area contributed by atoms with Crippen LogP contribution in [0.15, 0.2) is 53.4 Å². The average Bonchev–Trinajstić information content (AvgIpc) is 2.52. The van der Waals surface area contributed by atoms with E-state index in [-0.39, 0.29) is 5.78 Å². The van der Waals surface area contributed by atoms with Crippen molar-refractivity contribution in [2.45, 2.75) is 20.3 Å². The van der Waals surface area contributed by atoms with E-state index in [0.717, 1.165) is 12.1 Å².